The van der Waals surface area contributed by atoms with E-state index in [0.29, 0.717) is 6.61 Å². The summed E-state index contributed by atoms with van der Waals surface area (Å²) in [5.41, 5.74) is 4.88. The lowest BCUT2D eigenvalue weighted by Crippen LogP contribution is -2.18. The highest BCUT2D eigenvalue weighted by atomic mass is 32.1. The third-order valence-corrected chi connectivity index (χ3v) is 5.01. The molecule has 0 aliphatic heterocycles. The van der Waals surface area contributed by atoms with Crippen LogP contribution in [0.1, 0.15) is 11.3 Å². The zero-order valence-electron chi connectivity index (χ0n) is 15.2. The fraction of sp³-hybridized carbons (Fsp3) is 0.278. The average Bonchev–Trinajstić information content (AvgIpc) is 3.39. The molecule has 0 spiro atoms. The monoisotopic (exact) mass is 383 g/mol. The van der Waals surface area contributed by atoms with Crippen LogP contribution in [0.4, 0.5) is 10.8 Å². The number of fused-ring (bicyclic) bond motifs is 1. The molecule has 0 amide bonds. The van der Waals surface area contributed by atoms with Crippen LogP contribution < -0.4 is 10.6 Å². The highest BCUT2D eigenvalue weighted by molar-refractivity contribution is 7.14. The number of ether oxygens (including phenoxy) is 1. The molecule has 0 saturated carbocycles. The van der Waals surface area contributed by atoms with Crippen molar-refractivity contribution in [3.8, 4) is 11.3 Å². The Morgan fingerprint density at radius 3 is 3.07 bits per heavy atom. The van der Waals surface area contributed by atoms with Crippen LogP contribution >= 0.6 is 11.3 Å². The quantitative estimate of drug-likeness (QED) is 0.405. The molecule has 9 heteroatoms. The average molecular weight is 383 g/mol. The lowest BCUT2D eigenvalue weighted by atomic mass is 10.3. The van der Waals surface area contributed by atoms with Crippen LogP contribution in [-0.4, -0.2) is 44.8 Å². The minimum atomic E-state index is 0.708. The lowest BCUT2D eigenvalue weighted by molar-refractivity contribution is 0.199. The van der Waals surface area contributed by atoms with Crippen LogP contribution in [-0.2, 0) is 11.3 Å². The van der Waals surface area contributed by atoms with Crippen molar-refractivity contribution < 1.29 is 4.74 Å². The summed E-state index contributed by atoms with van der Waals surface area (Å²) in [5.74, 6) is 0.741. The molecule has 0 unspecified atom stereocenters. The summed E-state index contributed by atoms with van der Waals surface area (Å²) < 4.78 is 7.09. The van der Waals surface area contributed by atoms with Crippen LogP contribution in [0.5, 0.6) is 0 Å². The summed E-state index contributed by atoms with van der Waals surface area (Å²) >= 11 is 1.65. The SMILES string of the molecule is COCCNCc1csc(Nc2nc(C)cn3c(-c4cn[nH]c4)cnc23)c1. The van der Waals surface area contributed by atoms with Crippen LogP contribution in [0.25, 0.3) is 16.9 Å². The van der Waals surface area contributed by atoms with Crippen molar-refractivity contribution in [1.82, 2.24) is 29.9 Å². The zero-order chi connectivity index (χ0) is 18.6. The summed E-state index contributed by atoms with van der Waals surface area (Å²) in [6, 6.07) is 2.13. The van der Waals surface area contributed by atoms with E-state index in [1.54, 1.807) is 24.6 Å². The number of aromatic amines is 1. The Morgan fingerprint density at radius 2 is 2.26 bits per heavy atom. The topological polar surface area (TPSA) is 92.2 Å². The largest absolute Gasteiger partial charge is 0.383 e. The first-order chi connectivity index (χ1) is 13.2. The maximum atomic E-state index is 5.05. The minimum Gasteiger partial charge on any atom is -0.383 e. The van der Waals surface area contributed by atoms with Crippen molar-refractivity contribution in [1.29, 1.82) is 0 Å². The van der Waals surface area contributed by atoms with Crippen LogP contribution in [0, 0.1) is 6.92 Å². The molecule has 0 atom stereocenters. The van der Waals surface area contributed by atoms with E-state index in [9.17, 15) is 0 Å². The molecule has 0 saturated heterocycles. The molecule has 8 nitrogen and oxygen atoms in total. The van der Waals surface area contributed by atoms with Crippen LogP contribution in [0.15, 0.2) is 36.2 Å². The van der Waals surface area contributed by atoms with Gasteiger partial charge in [-0.1, -0.05) is 0 Å². The number of nitrogens with zero attached hydrogens (tertiary/aromatic N) is 4. The molecule has 27 heavy (non-hydrogen) atoms. The number of hydrogen-bond acceptors (Lipinski definition) is 7. The van der Waals surface area contributed by atoms with Crippen molar-refractivity contribution in [3.63, 3.8) is 0 Å². The van der Waals surface area contributed by atoms with Gasteiger partial charge in [0.2, 0.25) is 0 Å². The summed E-state index contributed by atoms with van der Waals surface area (Å²) in [5, 5.41) is 16.8. The molecule has 0 aromatic carbocycles. The van der Waals surface area contributed by atoms with Gasteiger partial charge in [0.15, 0.2) is 11.5 Å². The number of methoxy groups -OCH3 is 1. The van der Waals surface area contributed by atoms with Crippen molar-refractivity contribution >= 4 is 27.8 Å². The molecule has 4 aromatic rings. The van der Waals surface area contributed by atoms with E-state index in [1.807, 2.05) is 29.9 Å². The number of thiophene rings is 1. The van der Waals surface area contributed by atoms with Gasteiger partial charge in [-0.05, 0) is 23.9 Å². The van der Waals surface area contributed by atoms with Crippen molar-refractivity contribution in [2.45, 2.75) is 13.5 Å². The van der Waals surface area contributed by atoms with Gasteiger partial charge in [0.05, 0.1) is 35.4 Å². The fourth-order valence-corrected chi connectivity index (χ4v) is 3.66. The third kappa shape index (κ3) is 3.85. The van der Waals surface area contributed by atoms with Gasteiger partial charge in [-0.3, -0.25) is 9.50 Å². The second kappa shape index (κ2) is 7.87. The van der Waals surface area contributed by atoms with E-state index in [4.69, 9.17) is 4.74 Å². The molecule has 3 N–H and O–H groups in total. The number of aryl methyl sites for hydroxylation is 1. The van der Waals surface area contributed by atoms with Gasteiger partial charge in [-0.15, -0.1) is 11.3 Å². The Hall–Kier alpha value is -2.75. The van der Waals surface area contributed by atoms with Crippen molar-refractivity contribution in [3.05, 3.63) is 47.5 Å². The summed E-state index contributed by atoms with van der Waals surface area (Å²) in [6.45, 7) is 4.33. The smallest absolute Gasteiger partial charge is 0.180 e. The lowest BCUT2D eigenvalue weighted by Gasteiger charge is -2.07. The standard InChI is InChI=1S/C18H21N7OS/c1-12-10-25-15(14-7-21-22-8-14)9-20-18(25)17(23-12)24-16-5-13(11-27-16)6-19-3-4-26-2/h5,7-11,19H,3-4,6H2,1-2H3,(H,21,22)(H,23,24). The van der Waals surface area contributed by atoms with Gasteiger partial charge < -0.3 is 15.4 Å². The second-order valence-electron chi connectivity index (χ2n) is 6.17. The number of aromatic nitrogens is 5. The van der Waals surface area contributed by atoms with Gasteiger partial charge in [0, 0.05) is 38.2 Å². The number of H-pyrrole nitrogens is 1. The first kappa shape index (κ1) is 17.7. The first-order valence-electron chi connectivity index (χ1n) is 8.62. The molecular formula is C18H21N7OS. The molecule has 4 rings (SSSR count). The predicted octanol–water partition coefficient (Wildman–Crippen LogP) is 2.97. The Morgan fingerprint density at radius 1 is 1.33 bits per heavy atom. The second-order valence-corrected chi connectivity index (χ2v) is 7.08. The van der Waals surface area contributed by atoms with E-state index in [0.717, 1.165) is 46.5 Å². The van der Waals surface area contributed by atoms with Crippen LogP contribution in [0.3, 0.4) is 0 Å². The maximum absolute atomic E-state index is 5.05. The molecule has 4 aromatic heterocycles. The predicted molar refractivity (Wildman–Crippen MR) is 106 cm³/mol. The highest BCUT2D eigenvalue weighted by Crippen LogP contribution is 2.28. The van der Waals surface area contributed by atoms with E-state index in [1.165, 1.54) is 5.56 Å². The maximum Gasteiger partial charge on any atom is 0.180 e. The Balaban J connectivity index is 1.57. The normalized spacial score (nSPS) is 11.3. The van der Waals surface area contributed by atoms with E-state index in [2.05, 4.69) is 42.2 Å². The van der Waals surface area contributed by atoms with E-state index < -0.39 is 0 Å². The summed E-state index contributed by atoms with van der Waals surface area (Å²) in [6.07, 6.45) is 7.46. The zero-order valence-corrected chi connectivity index (χ0v) is 16.0. The number of imidazole rings is 1. The first-order valence-corrected chi connectivity index (χ1v) is 9.50. The number of hydrogen-bond donors (Lipinski definition) is 3. The molecule has 0 fully saturated rings. The third-order valence-electron chi connectivity index (χ3n) is 4.11. The fourth-order valence-electron chi connectivity index (χ4n) is 2.85. The summed E-state index contributed by atoms with van der Waals surface area (Å²) in [7, 11) is 1.71. The molecule has 0 radical (unpaired) electrons. The van der Waals surface area contributed by atoms with E-state index in [-0.39, 0.29) is 0 Å². The Bertz CT molecular complexity index is 1020. The van der Waals surface area contributed by atoms with E-state index >= 15 is 0 Å². The molecule has 0 bridgehead atoms. The van der Waals surface area contributed by atoms with Crippen molar-refractivity contribution in [2.75, 3.05) is 25.6 Å². The van der Waals surface area contributed by atoms with Crippen molar-refractivity contribution in [2.24, 2.45) is 0 Å². The molecule has 0 aliphatic carbocycles. The molecule has 0 aliphatic rings. The molecular weight excluding hydrogens is 362 g/mol. The Labute approximate surface area is 160 Å². The van der Waals surface area contributed by atoms with Gasteiger partial charge in [-0.2, -0.15) is 5.10 Å². The Kier molecular flexibility index (Phi) is 5.14. The molecule has 4 heterocycles. The van der Waals surface area contributed by atoms with Crippen LogP contribution in [0.2, 0.25) is 0 Å². The van der Waals surface area contributed by atoms with Gasteiger partial charge in [-0.25, -0.2) is 9.97 Å². The highest BCUT2D eigenvalue weighted by Gasteiger charge is 2.13. The minimum absolute atomic E-state index is 0.708. The van der Waals surface area contributed by atoms with Gasteiger partial charge >= 0.3 is 0 Å². The number of anilines is 2. The van der Waals surface area contributed by atoms with Gasteiger partial charge in [0.1, 0.15) is 0 Å². The number of rotatable bonds is 8. The summed E-state index contributed by atoms with van der Waals surface area (Å²) in [4.78, 5) is 9.21. The molecule has 140 valence electrons. The van der Waals surface area contributed by atoms with Gasteiger partial charge in [0.25, 0.3) is 0 Å². The number of nitrogens with one attached hydrogen (secondary N) is 3.